The summed E-state index contributed by atoms with van der Waals surface area (Å²) in [6.07, 6.45) is -3.27. The van der Waals surface area contributed by atoms with Crippen LogP contribution < -0.4 is 40.2 Å². The summed E-state index contributed by atoms with van der Waals surface area (Å²) in [7, 11) is -10.7. The number of phosphoric acid groups is 2. The molecule has 0 aliphatic carbocycles. The van der Waals surface area contributed by atoms with Gasteiger partial charge in [-0.2, -0.15) is 0 Å². The Labute approximate surface area is 178 Å². The van der Waals surface area contributed by atoms with Crippen LogP contribution >= 0.6 is 15.6 Å². The van der Waals surface area contributed by atoms with Crippen molar-refractivity contribution < 1.29 is 77.2 Å². The van der Waals surface area contributed by atoms with Gasteiger partial charge in [-0.15, -0.1) is 0 Å². The van der Waals surface area contributed by atoms with Gasteiger partial charge in [-0.1, -0.05) is 0 Å². The van der Waals surface area contributed by atoms with E-state index in [1.807, 2.05) is 0 Å². The number of aliphatic hydroxyl groups excluding tert-OH is 2. The third kappa shape index (κ3) is 5.15. The molecule has 28 heavy (non-hydrogen) atoms. The molecule has 18 heteroatoms. The Bertz CT molecular complexity index is 938. The summed E-state index contributed by atoms with van der Waals surface area (Å²) in [4.78, 5) is 39.9. The van der Waals surface area contributed by atoms with Crippen LogP contribution in [0, 0.1) is 0 Å². The van der Waals surface area contributed by atoms with E-state index in [9.17, 15) is 29.1 Å². The number of aromatic nitrogens is 4. The molecule has 1 aliphatic rings. The van der Waals surface area contributed by atoms with Gasteiger partial charge in [0.1, 0.15) is 30.2 Å². The second-order valence-electron chi connectivity index (χ2n) is 5.44. The Kier molecular flexibility index (Phi) is 7.38. The van der Waals surface area contributed by atoms with E-state index in [0.29, 0.717) is 0 Å². The number of anilines is 1. The number of nitrogen functional groups attached to an aromatic ring is 1. The number of ether oxygens (including phenoxy) is 1. The molecule has 1 aliphatic heterocycles. The molecule has 1 saturated heterocycles. The zero-order chi connectivity index (χ0) is 20.0. The molecule has 3 rings (SSSR count). The van der Waals surface area contributed by atoms with Crippen LogP contribution in [0.4, 0.5) is 5.82 Å². The van der Waals surface area contributed by atoms with Gasteiger partial charge in [0.05, 0.1) is 12.9 Å². The molecule has 0 bridgehead atoms. The normalized spacial score (nSPS) is 29.2. The van der Waals surface area contributed by atoms with E-state index >= 15 is 0 Å². The van der Waals surface area contributed by atoms with Crippen molar-refractivity contribution >= 4 is 32.6 Å². The van der Waals surface area contributed by atoms with Gasteiger partial charge in [0.2, 0.25) is 0 Å². The molecule has 0 saturated carbocycles. The molecule has 3 heterocycles. The van der Waals surface area contributed by atoms with Crippen molar-refractivity contribution in [3.63, 3.8) is 0 Å². The van der Waals surface area contributed by atoms with Crippen molar-refractivity contribution in [2.24, 2.45) is 0 Å². The Morgan fingerprint density at radius 3 is 2.57 bits per heavy atom. The third-order valence-electron chi connectivity index (χ3n) is 3.61. The minimum Gasteiger partial charge on any atom is -0.756 e. The average molecular weight is 449 g/mol. The second kappa shape index (κ2) is 8.70. The fourth-order valence-corrected chi connectivity index (χ4v) is 4.04. The summed E-state index contributed by atoms with van der Waals surface area (Å²) in [6.45, 7) is -0.841. The number of fused-ring (bicyclic) bond motifs is 1. The van der Waals surface area contributed by atoms with E-state index in [0.717, 1.165) is 6.33 Å². The molecule has 150 valence electrons. The average Bonchev–Trinajstić information content (AvgIpc) is 3.07. The maximum atomic E-state index is 11.4. The fraction of sp³-hybridized carbons (Fsp3) is 0.500. The Morgan fingerprint density at radius 1 is 1.25 bits per heavy atom. The number of phosphoric ester groups is 1. The minimum absolute atomic E-state index is 0. The Balaban J connectivity index is 0.00000280. The smallest absolute Gasteiger partial charge is 0.756 e. The fourth-order valence-electron chi connectivity index (χ4n) is 2.47. The molecule has 6 atom stereocenters. The molecule has 15 nitrogen and oxygen atoms in total. The molecular weight excluding hydrogens is 435 g/mol. The Morgan fingerprint density at radius 2 is 1.93 bits per heavy atom. The summed E-state index contributed by atoms with van der Waals surface area (Å²) >= 11 is 0. The van der Waals surface area contributed by atoms with Crippen LogP contribution in [0.5, 0.6) is 0 Å². The van der Waals surface area contributed by atoms with Crippen molar-refractivity contribution in [3.8, 4) is 0 Å². The number of imidazole rings is 1. The van der Waals surface area contributed by atoms with E-state index < -0.39 is 46.8 Å². The van der Waals surface area contributed by atoms with Crippen LogP contribution in [-0.4, -0.2) is 64.4 Å². The van der Waals surface area contributed by atoms with Crippen molar-refractivity contribution in [2.45, 2.75) is 24.5 Å². The summed E-state index contributed by atoms with van der Waals surface area (Å²) in [6, 6.07) is 0. The molecule has 2 aromatic heterocycles. The maximum absolute atomic E-state index is 11.4. The number of nitrogens with zero attached hydrogens (tertiary/aromatic N) is 4. The minimum atomic E-state index is -5.54. The Hall–Kier alpha value is -0.510. The van der Waals surface area contributed by atoms with Gasteiger partial charge in [-0.3, -0.25) is 13.7 Å². The van der Waals surface area contributed by atoms with Crippen LogP contribution in [0.1, 0.15) is 6.23 Å². The number of hydrogen-bond donors (Lipinski definition) is 5. The van der Waals surface area contributed by atoms with Gasteiger partial charge in [0, 0.05) is 0 Å². The zero-order valence-electron chi connectivity index (χ0n) is 14.2. The first-order valence-electron chi connectivity index (χ1n) is 7.15. The summed E-state index contributed by atoms with van der Waals surface area (Å²) < 4.78 is 36.5. The maximum Gasteiger partial charge on any atom is 1.00 e. The number of hydrogen-bond acceptors (Lipinski definition) is 12. The van der Waals surface area contributed by atoms with Crippen LogP contribution in [0.25, 0.3) is 11.2 Å². The number of aliphatic hydroxyl groups is 2. The number of nitrogens with two attached hydrogens (primary N) is 1. The van der Waals surface area contributed by atoms with Crippen molar-refractivity contribution in [2.75, 3.05) is 12.3 Å². The topological polar surface area (TPSA) is 235 Å². The quantitative estimate of drug-likeness (QED) is 0.205. The third-order valence-corrected chi connectivity index (χ3v) is 5.73. The number of rotatable bonds is 6. The monoisotopic (exact) mass is 449 g/mol. The van der Waals surface area contributed by atoms with Gasteiger partial charge in [0.15, 0.2) is 17.7 Å². The van der Waals surface area contributed by atoms with Gasteiger partial charge >= 0.3 is 37.4 Å². The van der Waals surface area contributed by atoms with Crippen LogP contribution in [0.2, 0.25) is 0 Å². The van der Waals surface area contributed by atoms with Crippen LogP contribution in [-0.2, 0) is 22.7 Å². The molecule has 0 amide bonds. The first-order valence-corrected chi connectivity index (χ1v) is 10.1. The van der Waals surface area contributed by atoms with E-state index in [4.69, 9.17) is 15.4 Å². The molecule has 0 spiro atoms. The van der Waals surface area contributed by atoms with E-state index in [-0.39, 0.29) is 46.5 Å². The molecule has 0 radical (unpaired) electrons. The predicted octanol–water partition coefficient (Wildman–Crippen LogP) is -5.37. The summed E-state index contributed by atoms with van der Waals surface area (Å²) in [5.74, 6) is 0.0797. The van der Waals surface area contributed by atoms with Crippen LogP contribution in [0.3, 0.4) is 0 Å². The van der Waals surface area contributed by atoms with Gasteiger partial charge < -0.3 is 35.4 Å². The van der Waals surface area contributed by atoms with Crippen molar-refractivity contribution in [1.29, 1.82) is 0 Å². The SMILES string of the molecule is Nc1ncnc2c1ncn2[C@@H]1O[C@H](COP(=O)(O)OP(=O)([O-])O)[C@@H](O)[C@H]1O.[Na+]. The van der Waals surface area contributed by atoms with Crippen LogP contribution in [0.15, 0.2) is 12.7 Å². The molecule has 6 N–H and O–H groups in total. The van der Waals surface area contributed by atoms with E-state index in [2.05, 4.69) is 23.8 Å². The second-order valence-corrected chi connectivity index (χ2v) is 8.23. The first-order chi connectivity index (χ1) is 12.5. The standard InChI is InChI=1S/C10H15N5O10P2.Na/c11-8-5-9(13-2-12-8)15(3-14-5)10-7(17)6(16)4(24-10)1-23-27(21,22)25-26(18,19)20;/h2-4,6-7,10,16-17H,1H2,(H,21,22)(H2,11,12,13)(H2,18,19,20);/q;+1/p-1/t4-,6-,7-,10-;/m1./s1. The van der Waals surface area contributed by atoms with E-state index in [1.165, 1.54) is 10.9 Å². The van der Waals surface area contributed by atoms with E-state index in [1.54, 1.807) is 0 Å². The first kappa shape index (κ1) is 23.8. The van der Waals surface area contributed by atoms with Crippen molar-refractivity contribution in [3.05, 3.63) is 12.7 Å². The predicted molar refractivity (Wildman–Crippen MR) is 82.3 cm³/mol. The largest absolute Gasteiger partial charge is 1.00 e. The molecular formula is C10H14N5NaO10P2. The van der Waals surface area contributed by atoms with Gasteiger partial charge in [-0.05, 0) is 0 Å². The molecule has 2 unspecified atom stereocenters. The molecule has 1 fully saturated rings. The van der Waals surface area contributed by atoms with Gasteiger partial charge in [0.25, 0.3) is 7.82 Å². The molecule has 0 aromatic carbocycles. The molecule has 2 aromatic rings. The van der Waals surface area contributed by atoms with Crippen molar-refractivity contribution in [1.82, 2.24) is 19.5 Å². The summed E-state index contributed by atoms with van der Waals surface area (Å²) in [5, 5.41) is 20.3. The van der Waals surface area contributed by atoms with Gasteiger partial charge in [-0.25, -0.2) is 23.8 Å². The summed E-state index contributed by atoms with van der Waals surface area (Å²) in [5.41, 5.74) is 6.09. The zero-order valence-corrected chi connectivity index (χ0v) is 18.0.